The van der Waals surface area contributed by atoms with E-state index in [1.807, 2.05) is 6.07 Å². The summed E-state index contributed by atoms with van der Waals surface area (Å²) in [5.74, 6) is 4.54. The van der Waals surface area contributed by atoms with Crippen LogP contribution in [-0.4, -0.2) is 37.7 Å². The molecule has 7 nitrogen and oxygen atoms in total. The SMILES string of the molecule is OC1CCC(Nc2nc(NCc3ccccc3)nc(NC34CC5CC(CC(C5)C3)C4)n2)CC1. The molecule has 1 aromatic heterocycles. The van der Waals surface area contributed by atoms with E-state index >= 15 is 0 Å². The van der Waals surface area contributed by atoms with E-state index in [-0.39, 0.29) is 11.6 Å². The highest BCUT2D eigenvalue weighted by Gasteiger charge is 2.51. The fraction of sp³-hybridized carbons (Fsp3) is 0.654. The minimum Gasteiger partial charge on any atom is -0.393 e. The van der Waals surface area contributed by atoms with E-state index < -0.39 is 0 Å². The minimum absolute atomic E-state index is 0.152. The molecule has 7 heteroatoms. The molecule has 0 radical (unpaired) electrons. The zero-order valence-electron chi connectivity index (χ0n) is 19.3. The Morgan fingerprint density at radius 2 is 1.39 bits per heavy atom. The van der Waals surface area contributed by atoms with Gasteiger partial charge in [0.1, 0.15) is 0 Å². The lowest BCUT2D eigenvalue weighted by Crippen LogP contribution is -2.55. The number of hydrogen-bond acceptors (Lipinski definition) is 7. The van der Waals surface area contributed by atoms with Gasteiger partial charge in [-0.2, -0.15) is 15.0 Å². The van der Waals surface area contributed by atoms with Crippen molar-refractivity contribution in [2.24, 2.45) is 17.8 Å². The molecule has 5 fully saturated rings. The number of anilines is 3. The molecular formula is C26H36N6O. The average molecular weight is 449 g/mol. The van der Waals surface area contributed by atoms with Crippen molar-refractivity contribution in [3.05, 3.63) is 35.9 Å². The van der Waals surface area contributed by atoms with Crippen LogP contribution in [0, 0.1) is 17.8 Å². The number of nitrogens with one attached hydrogen (secondary N) is 3. The molecule has 0 spiro atoms. The number of aliphatic hydroxyl groups excluding tert-OH is 1. The summed E-state index contributed by atoms with van der Waals surface area (Å²) in [7, 11) is 0. The maximum Gasteiger partial charge on any atom is 0.229 e. The van der Waals surface area contributed by atoms with E-state index in [4.69, 9.17) is 15.0 Å². The van der Waals surface area contributed by atoms with Gasteiger partial charge in [0, 0.05) is 18.1 Å². The Kier molecular flexibility index (Phi) is 5.60. The Balaban J connectivity index is 1.22. The molecule has 7 rings (SSSR count). The van der Waals surface area contributed by atoms with Crippen LogP contribution in [0.25, 0.3) is 0 Å². The van der Waals surface area contributed by atoms with Gasteiger partial charge in [-0.1, -0.05) is 30.3 Å². The van der Waals surface area contributed by atoms with E-state index in [1.165, 1.54) is 44.1 Å². The van der Waals surface area contributed by atoms with Crippen molar-refractivity contribution in [2.75, 3.05) is 16.0 Å². The van der Waals surface area contributed by atoms with Crippen molar-refractivity contribution in [3.63, 3.8) is 0 Å². The molecule has 1 heterocycles. The van der Waals surface area contributed by atoms with Gasteiger partial charge in [-0.05, 0) is 87.5 Å². The zero-order chi connectivity index (χ0) is 22.3. The summed E-state index contributed by atoms with van der Waals surface area (Å²) in [6.07, 6.45) is 11.4. The van der Waals surface area contributed by atoms with Crippen LogP contribution in [-0.2, 0) is 6.54 Å². The van der Waals surface area contributed by atoms with Crippen molar-refractivity contribution >= 4 is 17.8 Å². The summed E-state index contributed by atoms with van der Waals surface area (Å²) in [4.78, 5) is 14.3. The molecule has 176 valence electrons. The summed E-state index contributed by atoms with van der Waals surface area (Å²) in [5.41, 5.74) is 1.35. The number of hydrogen-bond donors (Lipinski definition) is 4. The Hall–Kier alpha value is -2.41. The van der Waals surface area contributed by atoms with Crippen LogP contribution in [0.4, 0.5) is 17.8 Å². The first kappa shape index (κ1) is 21.1. The number of aliphatic hydroxyl groups is 1. The topological polar surface area (TPSA) is 95.0 Å². The van der Waals surface area contributed by atoms with E-state index in [0.717, 1.165) is 43.4 Å². The Morgan fingerprint density at radius 1 is 0.788 bits per heavy atom. The second-order valence-electron chi connectivity index (χ2n) is 11.1. The number of nitrogens with zero attached hydrogens (tertiary/aromatic N) is 3. The molecule has 5 aliphatic carbocycles. The average Bonchev–Trinajstić information content (AvgIpc) is 2.79. The summed E-state index contributed by atoms with van der Waals surface area (Å²) >= 11 is 0. The normalized spacial score (nSPS) is 34.8. The molecule has 0 amide bonds. The van der Waals surface area contributed by atoms with Crippen molar-refractivity contribution in [3.8, 4) is 0 Å². The molecule has 0 atom stereocenters. The van der Waals surface area contributed by atoms with Gasteiger partial charge in [-0.3, -0.25) is 0 Å². The minimum atomic E-state index is -0.169. The first-order valence-electron chi connectivity index (χ1n) is 12.9. The zero-order valence-corrected chi connectivity index (χ0v) is 19.3. The quantitative estimate of drug-likeness (QED) is 0.492. The van der Waals surface area contributed by atoms with E-state index in [9.17, 15) is 5.11 Å². The van der Waals surface area contributed by atoms with Crippen LogP contribution in [0.15, 0.2) is 30.3 Å². The smallest absolute Gasteiger partial charge is 0.229 e. The van der Waals surface area contributed by atoms with Crippen molar-refractivity contribution in [1.82, 2.24) is 15.0 Å². The number of rotatable bonds is 7. The lowest BCUT2D eigenvalue weighted by molar-refractivity contribution is 0.0103. The lowest BCUT2D eigenvalue weighted by atomic mass is 9.53. The van der Waals surface area contributed by atoms with Crippen molar-refractivity contribution in [2.45, 2.75) is 88.4 Å². The van der Waals surface area contributed by atoms with E-state index in [2.05, 4.69) is 40.2 Å². The summed E-state index contributed by atoms with van der Waals surface area (Å²) in [6, 6.07) is 10.6. The summed E-state index contributed by atoms with van der Waals surface area (Å²) in [5, 5.41) is 20.6. The molecule has 0 aliphatic heterocycles. The van der Waals surface area contributed by atoms with Gasteiger partial charge < -0.3 is 21.1 Å². The fourth-order valence-electron chi connectivity index (χ4n) is 7.26. The third-order valence-electron chi connectivity index (χ3n) is 8.37. The molecule has 4 bridgehead atoms. The van der Waals surface area contributed by atoms with Crippen LogP contribution in [0.2, 0.25) is 0 Å². The van der Waals surface area contributed by atoms with Gasteiger partial charge >= 0.3 is 0 Å². The molecule has 4 N–H and O–H groups in total. The van der Waals surface area contributed by atoms with Crippen molar-refractivity contribution in [1.29, 1.82) is 0 Å². The second kappa shape index (κ2) is 8.75. The lowest BCUT2D eigenvalue weighted by Gasteiger charge is -2.56. The molecular weight excluding hydrogens is 412 g/mol. The third-order valence-corrected chi connectivity index (χ3v) is 8.37. The predicted octanol–water partition coefficient (Wildman–Crippen LogP) is 4.58. The maximum atomic E-state index is 9.86. The standard InChI is InChI=1S/C26H36N6O/c33-22-8-6-21(7-9-22)28-24-29-23(27-16-17-4-2-1-3-5-17)30-25(31-24)32-26-13-18-10-19(14-26)12-20(11-18)15-26/h1-5,18-22,33H,6-16H2,(H3,27,28,29,30,31,32). The van der Waals surface area contributed by atoms with Gasteiger partial charge in [0.2, 0.25) is 17.8 Å². The number of benzene rings is 1. The van der Waals surface area contributed by atoms with Crippen LogP contribution >= 0.6 is 0 Å². The molecule has 2 aromatic rings. The first-order chi connectivity index (χ1) is 16.1. The molecule has 1 aromatic carbocycles. The molecule has 33 heavy (non-hydrogen) atoms. The Bertz CT molecular complexity index is 923. The highest BCUT2D eigenvalue weighted by atomic mass is 16.3. The summed E-state index contributed by atoms with van der Waals surface area (Å²) in [6.45, 7) is 0.677. The maximum absolute atomic E-state index is 9.86. The van der Waals surface area contributed by atoms with Gasteiger partial charge in [0.25, 0.3) is 0 Å². The van der Waals surface area contributed by atoms with Gasteiger partial charge in [-0.25, -0.2) is 0 Å². The second-order valence-corrected chi connectivity index (χ2v) is 11.1. The summed E-state index contributed by atoms with van der Waals surface area (Å²) < 4.78 is 0. The Labute approximate surface area is 196 Å². The monoisotopic (exact) mass is 448 g/mol. The van der Waals surface area contributed by atoms with Crippen LogP contribution in [0.3, 0.4) is 0 Å². The molecule has 5 saturated carbocycles. The highest BCUT2D eigenvalue weighted by Crippen LogP contribution is 2.56. The molecule has 0 unspecified atom stereocenters. The van der Waals surface area contributed by atoms with E-state index in [1.54, 1.807) is 0 Å². The van der Waals surface area contributed by atoms with Crippen LogP contribution in [0.1, 0.15) is 69.8 Å². The number of aromatic nitrogens is 3. The third kappa shape index (κ3) is 4.79. The van der Waals surface area contributed by atoms with Gasteiger partial charge in [-0.15, -0.1) is 0 Å². The first-order valence-corrected chi connectivity index (χ1v) is 12.9. The van der Waals surface area contributed by atoms with Gasteiger partial charge in [0.05, 0.1) is 6.10 Å². The Morgan fingerprint density at radius 3 is 2.06 bits per heavy atom. The fourth-order valence-corrected chi connectivity index (χ4v) is 7.26. The van der Waals surface area contributed by atoms with E-state index in [0.29, 0.717) is 30.4 Å². The van der Waals surface area contributed by atoms with Crippen LogP contribution < -0.4 is 16.0 Å². The highest BCUT2D eigenvalue weighted by molar-refractivity contribution is 5.45. The molecule has 5 aliphatic rings. The largest absolute Gasteiger partial charge is 0.393 e. The van der Waals surface area contributed by atoms with Crippen LogP contribution in [0.5, 0.6) is 0 Å². The predicted molar refractivity (Wildman–Crippen MR) is 130 cm³/mol. The van der Waals surface area contributed by atoms with Gasteiger partial charge in [0.15, 0.2) is 0 Å². The molecule has 0 saturated heterocycles. The van der Waals surface area contributed by atoms with Crippen molar-refractivity contribution < 1.29 is 5.11 Å².